The number of carbonyl (C=O) groups is 4. The summed E-state index contributed by atoms with van der Waals surface area (Å²) in [5.74, 6) is -1.89. The molecule has 1 aromatic rings. The Labute approximate surface area is 163 Å². The predicted octanol–water partition coefficient (Wildman–Crippen LogP) is 0.320. The molecule has 3 aliphatic rings. The highest BCUT2D eigenvalue weighted by atomic mass is 16.2. The number of imide groups is 2. The third kappa shape index (κ3) is 3.22. The summed E-state index contributed by atoms with van der Waals surface area (Å²) in [5, 5.41) is 9.10. The molecule has 0 radical (unpaired) electrons. The number of amides is 4. The topological polar surface area (TPSA) is 108 Å². The normalized spacial score (nSPS) is 24.3. The number of carbonyl (C=O) groups excluding carboxylic acids is 4. The van der Waals surface area contributed by atoms with E-state index in [1.54, 1.807) is 12.1 Å². The lowest BCUT2D eigenvalue weighted by atomic mass is 9.90. The first kappa shape index (κ1) is 18.8. The summed E-state index contributed by atoms with van der Waals surface area (Å²) >= 11 is 0. The van der Waals surface area contributed by atoms with Crippen LogP contribution in [0.3, 0.4) is 0 Å². The molecule has 3 N–H and O–H groups in total. The highest BCUT2D eigenvalue weighted by Crippen LogP contribution is 2.30. The second kappa shape index (κ2) is 7.10. The molecule has 0 bridgehead atoms. The van der Waals surface area contributed by atoms with Crippen LogP contribution in [0.4, 0.5) is 0 Å². The lowest BCUT2D eigenvalue weighted by Gasteiger charge is -2.35. The maximum atomic E-state index is 13.1. The van der Waals surface area contributed by atoms with Gasteiger partial charge in [-0.1, -0.05) is 12.1 Å². The second-order valence-corrected chi connectivity index (χ2v) is 7.95. The van der Waals surface area contributed by atoms with Gasteiger partial charge in [-0.2, -0.15) is 0 Å². The zero-order valence-electron chi connectivity index (χ0n) is 15.8. The molecule has 3 aliphatic heterocycles. The fourth-order valence-corrected chi connectivity index (χ4v) is 4.20. The van der Waals surface area contributed by atoms with Gasteiger partial charge in [0.25, 0.3) is 11.8 Å². The van der Waals surface area contributed by atoms with Crippen molar-refractivity contribution in [1.82, 2.24) is 20.9 Å². The predicted molar refractivity (Wildman–Crippen MR) is 100 cm³/mol. The van der Waals surface area contributed by atoms with Crippen molar-refractivity contribution in [2.45, 2.75) is 50.7 Å². The first-order chi connectivity index (χ1) is 13.4. The highest BCUT2D eigenvalue weighted by Gasteiger charge is 2.45. The van der Waals surface area contributed by atoms with Gasteiger partial charge in [-0.05, 0) is 50.9 Å². The molecule has 148 valence electrons. The Balaban J connectivity index is 1.57. The number of hydrogen-bond donors (Lipinski definition) is 3. The van der Waals surface area contributed by atoms with E-state index in [4.69, 9.17) is 0 Å². The standard InChI is InChI=1S/C20H24N4O4/c1-20(7-9-21-10-8-20)22-11-12-3-2-4-13-16(12)19(28)24(18(13)27)14-5-6-15(25)23-17(14)26/h2-4,14,21-22H,5-11H2,1H3,(H,23,25,26). The minimum Gasteiger partial charge on any atom is -0.317 e. The van der Waals surface area contributed by atoms with Crippen molar-refractivity contribution in [2.75, 3.05) is 13.1 Å². The van der Waals surface area contributed by atoms with E-state index in [2.05, 4.69) is 22.9 Å². The molecule has 0 aromatic heterocycles. The summed E-state index contributed by atoms with van der Waals surface area (Å²) in [5.41, 5.74) is 1.42. The largest absolute Gasteiger partial charge is 0.317 e. The Bertz CT molecular complexity index is 860. The molecule has 2 fully saturated rings. The molecule has 0 saturated carbocycles. The Morgan fingerprint density at radius 2 is 1.89 bits per heavy atom. The zero-order chi connectivity index (χ0) is 19.9. The average Bonchev–Trinajstić information content (AvgIpc) is 2.92. The summed E-state index contributed by atoms with van der Waals surface area (Å²) in [6.07, 6.45) is 2.24. The number of hydrogen-bond acceptors (Lipinski definition) is 6. The molecule has 1 aromatic carbocycles. The second-order valence-electron chi connectivity index (χ2n) is 7.95. The van der Waals surface area contributed by atoms with E-state index in [-0.39, 0.29) is 24.3 Å². The summed E-state index contributed by atoms with van der Waals surface area (Å²) in [6, 6.07) is 4.29. The Morgan fingerprint density at radius 3 is 2.61 bits per heavy atom. The summed E-state index contributed by atoms with van der Waals surface area (Å²) in [4.78, 5) is 50.6. The number of rotatable bonds is 4. The van der Waals surface area contributed by atoms with Gasteiger partial charge in [-0.15, -0.1) is 0 Å². The quantitative estimate of drug-likeness (QED) is 0.646. The molecule has 2 saturated heterocycles. The molecular weight excluding hydrogens is 360 g/mol. The minimum atomic E-state index is -0.937. The van der Waals surface area contributed by atoms with Gasteiger partial charge in [0.1, 0.15) is 6.04 Å². The Hall–Kier alpha value is -2.58. The van der Waals surface area contributed by atoms with E-state index in [1.807, 2.05) is 6.07 Å². The fraction of sp³-hybridized carbons (Fsp3) is 0.500. The van der Waals surface area contributed by atoms with Crippen molar-refractivity contribution < 1.29 is 19.2 Å². The molecule has 8 nitrogen and oxygen atoms in total. The average molecular weight is 384 g/mol. The van der Waals surface area contributed by atoms with Gasteiger partial charge in [0, 0.05) is 18.5 Å². The number of benzene rings is 1. The van der Waals surface area contributed by atoms with Crippen LogP contribution in [0.15, 0.2) is 18.2 Å². The van der Waals surface area contributed by atoms with Gasteiger partial charge in [0.2, 0.25) is 11.8 Å². The van der Waals surface area contributed by atoms with Gasteiger partial charge in [0.15, 0.2) is 0 Å². The Morgan fingerprint density at radius 1 is 1.14 bits per heavy atom. The van der Waals surface area contributed by atoms with Crippen molar-refractivity contribution in [3.63, 3.8) is 0 Å². The van der Waals surface area contributed by atoms with Crippen molar-refractivity contribution in [1.29, 1.82) is 0 Å². The number of nitrogens with one attached hydrogen (secondary N) is 3. The van der Waals surface area contributed by atoms with Crippen LogP contribution in [0, 0.1) is 0 Å². The van der Waals surface area contributed by atoms with Gasteiger partial charge in [0.05, 0.1) is 11.1 Å². The Kier molecular flexibility index (Phi) is 4.76. The van der Waals surface area contributed by atoms with Crippen molar-refractivity contribution in [2.24, 2.45) is 0 Å². The van der Waals surface area contributed by atoms with Crippen LogP contribution in [0.5, 0.6) is 0 Å². The van der Waals surface area contributed by atoms with E-state index >= 15 is 0 Å². The van der Waals surface area contributed by atoms with E-state index in [0.29, 0.717) is 17.7 Å². The third-order valence-electron chi connectivity index (χ3n) is 5.97. The van der Waals surface area contributed by atoms with Crippen LogP contribution in [0.25, 0.3) is 0 Å². The molecular formula is C20H24N4O4. The van der Waals surface area contributed by atoms with Gasteiger partial charge >= 0.3 is 0 Å². The van der Waals surface area contributed by atoms with Crippen LogP contribution >= 0.6 is 0 Å². The first-order valence-corrected chi connectivity index (χ1v) is 9.69. The van der Waals surface area contributed by atoms with Crippen molar-refractivity contribution >= 4 is 23.6 Å². The molecule has 0 spiro atoms. The van der Waals surface area contributed by atoms with E-state index in [1.165, 1.54) is 0 Å². The molecule has 3 heterocycles. The third-order valence-corrected chi connectivity index (χ3v) is 5.97. The lowest BCUT2D eigenvalue weighted by molar-refractivity contribution is -0.136. The molecule has 28 heavy (non-hydrogen) atoms. The van der Waals surface area contributed by atoms with Gasteiger partial charge in [-0.3, -0.25) is 29.4 Å². The van der Waals surface area contributed by atoms with Crippen molar-refractivity contribution in [3.8, 4) is 0 Å². The lowest BCUT2D eigenvalue weighted by Crippen LogP contribution is -2.54. The van der Waals surface area contributed by atoms with Gasteiger partial charge < -0.3 is 10.6 Å². The first-order valence-electron chi connectivity index (χ1n) is 9.69. The number of piperidine rings is 2. The zero-order valence-corrected chi connectivity index (χ0v) is 15.8. The van der Waals surface area contributed by atoms with Crippen LogP contribution in [0.1, 0.15) is 58.9 Å². The fourth-order valence-electron chi connectivity index (χ4n) is 4.20. The molecule has 8 heteroatoms. The highest BCUT2D eigenvalue weighted by molar-refractivity contribution is 6.24. The maximum absolute atomic E-state index is 13.1. The number of fused-ring (bicyclic) bond motifs is 1. The smallest absolute Gasteiger partial charge is 0.262 e. The monoisotopic (exact) mass is 384 g/mol. The van der Waals surface area contributed by atoms with Crippen LogP contribution in [-0.2, 0) is 16.1 Å². The minimum absolute atomic E-state index is 0.0249. The molecule has 4 amide bonds. The van der Waals surface area contributed by atoms with Crippen LogP contribution in [0.2, 0.25) is 0 Å². The molecule has 1 unspecified atom stereocenters. The van der Waals surface area contributed by atoms with E-state index in [9.17, 15) is 19.2 Å². The summed E-state index contributed by atoms with van der Waals surface area (Å²) in [6.45, 7) is 4.52. The van der Waals surface area contributed by atoms with Crippen LogP contribution in [-0.4, -0.2) is 53.2 Å². The summed E-state index contributed by atoms with van der Waals surface area (Å²) < 4.78 is 0. The maximum Gasteiger partial charge on any atom is 0.262 e. The van der Waals surface area contributed by atoms with Gasteiger partial charge in [-0.25, -0.2) is 0 Å². The van der Waals surface area contributed by atoms with Crippen molar-refractivity contribution in [3.05, 3.63) is 34.9 Å². The SMILES string of the molecule is CC1(NCc2cccc3c2C(=O)N(C2CCC(=O)NC2=O)C3=O)CCNCC1. The molecule has 4 rings (SSSR count). The van der Waals surface area contributed by atoms with E-state index < -0.39 is 23.8 Å². The molecule has 1 atom stereocenters. The van der Waals surface area contributed by atoms with Crippen LogP contribution < -0.4 is 16.0 Å². The molecule has 0 aliphatic carbocycles. The number of nitrogens with zero attached hydrogens (tertiary/aromatic N) is 1. The summed E-state index contributed by atoms with van der Waals surface area (Å²) in [7, 11) is 0. The van der Waals surface area contributed by atoms with E-state index in [0.717, 1.165) is 36.4 Å².